The zero-order valence-electron chi connectivity index (χ0n) is 20.1. The van der Waals surface area contributed by atoms with Crippen molar-refractivity contribution in [3.05, 3.63) is 0 Å². The van der Waals surface area contributed by atoms with Gasteiger partial charge in [0, 0.05) is 6.42 Å². The predicted octanol–water partition coefficient (Wildman–Crippen LogP) is -1.91. The smallest absolute Gasteiger partial charge is 0.326 e. The Bertz CT molecular complexity index is 756. The van der Waals surface area contributed by atoms with Crippen molar-refractivity contribution in [1.82, 2.24) is 16.0 Å². The molecule has 0 aliphatic carbocycles. The summed E-state index contributed by atoms with van der Waals surface area (Å²) in [5, 5.41) is 16.7. The maximum Gasteiger partial charge on any atom is 0.326 e. The monoisotopic (exact) mass is 486 g/mol. The third-order valence-corrected chi connectivity index (χ3v) is 4.73. The van der Waals surface area contributed by atoms with Gasteiger partial charge in [0.15, 0.2) is 0 Å². The summed E-state index contributed by atoms with van der Waals surface area (Å²) in [5.74, 6) is -5.13. The molecule has 13 heteroatoms. The maximum absolute atomic E-state index is 12.9. The van der Waals surface area contributed by atoms with Crippen LogP contribution in [0.5, 0.6) is 0 Å². The van der Waals surface area contributed by atoms with Crippen LogP contribution in [0.15, 0.2) is 0 Å². The van der Waals surface area contributed by atoms with E-state index in [0.717, 1.165) is 0 Å². The molecule has 0 aromatic carbocycles. The number of carbonyl (C=O) groups is 6. The molecule has 0 fully saturated rings. The first kappa shape index (κ1) is 30.8. The lowest BCUT2D eigenvalue weighted by molar-refractivity contribution is -0.143. The fourth-order valence-electron chi connectivity index (χ4n) is 3.08. The highest BCUT2D eigenvalue weighted by Gasteiger charge is 2.31. The summed E-state index contributed by atoms with van der Waals surface area (Å²) in [5.41, 5.74) is 15.8. The van der Waals surface area contributed by atoms with E-state index in [-0.39, 0.29) is 37.5 Å². The van der Waals surface area contributed by atoms with Crippen molar-refractivity contribution in [2.24, 2.45) is 29.0 Å². The first-order valence-corrected chi connectivity index (χ1v) is 11.1. The molecule has 13 nitrogen and oxygen atoms in total. The normalized spacial score (nSPS) is 14.6. The number of nitrogens with two attached hydrogens (primary N) is 3. The van der Waals surface area contributed by atoms with Crippen LogP contribution in [0.25, 0.3) is 0 Å². The number of nitrogens with one attached hydrogen (secondary N) is 3. The number of aliphatic carboxylic acids is 1. The minimum atomic E-state index is -1.32. The number of carboxylic acids is 1. The van der Waals surface area contributed by atoms with E-state index in [1.165, 1.54) is 0 Å². The predicted molar refractivity (Wildman–Crippen MR) is 123 cm³/mol. The van der Waals surface area contributed by atoms with Gasteiger partial charge in [0.1, 0.15) is 18.1 Å². The van der Waals surface area contributed by atoms with E-state index < -0.39 is 66.1 Å². The van der Waals surface area contributed by atoms with E-state index in [2.05, 4.69) is 16.0 Å². The maximum atomic E-state index is 12.9. The molecule has 10 N–H and O–H groups in total. The van der Waals surface area contributed by atoms with Gasteiger partial charge in [0.2, 0.25) is 29.5 Å². The van der Waals surface area contributed by atoms with Gasteiger partial charge in [0.25, 0.3) is 0 Å². The van der Waals surface area contributed by atoms with E-state index in [9.17, 15) is 33.9 Å². The summed E-state index contributed by atoms with van der Waals surface area (Å²) in [6.07, 6.45) is -0.514. The van der Waals surface area contributed by atoms with Gasteiger partial charge >= 0.3 is 5.97 Å². The molecule has 4 unspecified atom stereocenters. The van der Waals surface area contributed by atoms with Crippen molar-refractivity contribution < 1.29 is 33.9 Å². The molecule has 34 heavy (non-hydrogen) atoms. The topological polar surface area (TPSA) is 237 Å². The zero-order valence-corrected chi connectivity index (χ0v) is 20.1. The number of carboxylic acid groups (broad SMARTS) is 1. The number of hydrogen-bond acceptors (Lipinski definition) is 7. The van der Waals surface area contributed by atoms with Gasteiger partial charge < -0.3 is 38.3 Å². The average molecular weight is 487 g/mol. The van der Waals surface area contributed by atoms with Crippen LogP contribution >= 0.6 is 0 Å². The first-order chi connectivity index (χ1) is 15.6. The van der Waals surface area contributed by atoms with Gasteiger partial charge in [-0.25, -0.2) is 4.79 Å². The Balaban J connectivity index is 5.58. The van der Waals surface area contributed by atoms with Crippen LogP contribution in [0.3, 0.4) is 0 Å². The first-order valence-electron chi connectivity index (χ1n) is 11.1. The molecule has 0 bridgehead atoms. The Morgan fingerprint density at radius 1 is 0.706 bits per heavy atom. The molecule has 4 atom stereocenters. The van der Waals surface area contributed by atoms with E-state index in [1.807, 2.05) is 27.7 Å². The summed E-state index contributed by atoms with van der Waals surface area (Å²) in [4.78, 5) is 71.8. The number of primary amides is 2. The minimum Gasteiger partial charge on any atom is -0.480 e. The quantitative estimate of drug-likeness (QED) is 0.129. The molecular formula is C21H38N6O7. The van der Waals surface area contributed by atoms with Gasteiger partial charge in [-0.15, -0.1) is 0 Å². The number of amides is 5. The second kappa shape index (κ2) is 14.8. The fraction of sp³-hybridized carbons (Fsp3) is 0.714. The van der Waals surface area contributed by atoms with Gasteiger partial charge in [-0.3, -0.25) is 24.0 Å². The summed E-state index contributed by atoms with van der Waals surface area (Å²) in [7, 11) is 0. The molecule has 0 rings (SSSR count). The molecule has 0 saturated heterocycles. The van der Waals surface area contributed by atoms with Crippen molar-refractivity contribution in [3.63, 3.8) is 0 Å². The largest absolute Gasteiger partial charge is 0.480 e. The number of carbonyl (C=O) groups excluding carboxylic acids is 5. The van der Waals surface area contributed by atoms with Crippen molar-refractivity contribution in [2.45, 2.75) is 84.0 Å². The van der Waals surface area contributed by atoms with Crippen LogP contribution in [0.1, 0.15) is 59.8 Å². The fourth-order valence-corrected chi connectivity index (χ4v) is 3.08. The number of hydrogen-bond donors (Lipinski definition) is 7. The highest BCUT2D eigenvalue weighted by atomic mass is 16.4. The highest BCUT2D eigenvalue weighted by molar-refractivity contribution is 5.95. The molecule has 0 aromatic rings. The molecule has 5 amide bonds. The third kappa shape index (κ3) is 12.7. The zero-order chi connectivity index (χ0) is 26.6. The molecule has 0 heterocycles. The van der Waals surface area contributed by atoms with Crippen LogP contribution < -0.4 is 33.2 Å². The van der Waals surface area contributed by atoms with E-state index in [1.54, 1.807) is 0 Å². The van der Waals surface area contributed by atoms with E-state index in [4.69, 9.17) is 17.2 Å². The summed E-state index contributed by atoms with van der Waals surface area (Å²) in [6, 6.07) is -4.85. The second-order valence-corrected chi connectivity index (χ2v) is 9.06. The van der Waals surface area contributed by atoms with Crippen LogP contribution in [0, 0.1) is 11.8 Å². The van der Waals surface area contributed by atoms with Crippen LogP contribution in [-0.4, -0.2) is 64.8 Å². The lowest BCUT2D eigenvalue weighted by atomic mass is 10.00. The second-order valence-electron chi connectivity index (χ2n) is 9.06. The minimum absolute atomic E-state index is 0.00227. The molecule has 0 aromatic heterocycles. The van der Waals surface area contributed by atoms with Gasteiger partial charge in [0.05, 0.1) is 12.5 Å². The van der Waals surface area contributed by atoms with E-state index in [0.29, 0.717) is 0 Å². The van der Waals surface area contributed by atoms with E-state index >= 15 is 0 Å². The summed E-state index contributed by atoms with van der Waals surface area (Å²) < 4.78 is 0. The lowest BCUT2D eigenvalue weighted by Gasteiger charge is -2.26. The third-order valence-electron chi connectivity index (χ3n) is 4.73. The van der Waals surface area contributed by atoms with Crippen molar-refractivity contribution in [2.75, 3.05) is 0 Å². The highest BCUT2D eigenvalue weighted by Crippen LogP contribution is 2.10. The van der Waals surface area contributed by atoms with Crippen molar-refractivity contribution >= 4 is 35.5 Å². The molecular weight excluding hydrogens is 448 g/mol. The van der Waals surface area contributed by atoms with Crippen LogP contribution in [0.4, 0.5) is 0 Å². The molecule has 0 aliphatic rings. The van der Waals surface area contributed by atoms with Crippen molar-refractivity contribution in [3.8, 4) is 0 Å². The molecule has 0 aliphatic heterocycles. The Morgan fingerprint density at radius 3 is 1.59 bits per heavy atom. The number of rotatable bonds is 16. The average Bonchev–Trinajstić information content (AvgIpc) is 2.68. The SMILES string of the molecule is CC(C)CC(NC(=O)C(CC(C)C)NC(=O)C(CCC(N)=O)NC(=O)C(N)CC(N)=O)C(=O)O. The summed E-state index contributed by atoms with van der Waals surface area (Å²) >= 11 is 0. The molecule has 194 valence electrons. The Hall–Kier alpha value is -3.22. The Kier molecular flexibility index (Phi) is 13.4. The van der Waals surface area contributed by atoms with Crippen LogP contribution in [0.2, 0.25) is 0 Å². The molecule has 0 saturated carbocycles. The van der Waals surface area contributed by atoms with Gasteiger partial charge in [-0.2, -0.15) is 0 Å². The molecule has 0 spiro atoms. The van der Waals surface area contributed by atoms with Gasteiger partial charge in [-0.1, -0.05) is 27.7 Å². The Morgan fingerprint density at radius 2 is 1.15 bits per heavy atom. The van der Waals surface area contributed by atoms with Crippen LogP contribution in [-0.2, 0) is 28.8 Å². The molecule has 0 radical (unpaired) electrons. The van der Waals surface area contributed by atoms with Crippen molar-refractivity contribution in [1.29, 1.82) is 0 Å². The summed E-state index contributed by atoms with van der Waals surface area (Å²) in [6.45, 7) is 7.24. The Labute approximate surface area is 198 Å². The van der Waals surface area contributed by atoms with Gasteiger partial charge in [-0.05, 0) is 31.1 Å². The standard InChI is InChI=1S/C21H38N6O7/c1-10(2)7-14(20(32)27-15(21(33)34)8-11(3)4)26-19(31)13(5-6-16(23)28)25-18(30)12(22)9-17(24)29/h10-15H,5-9,22H2,1-4H3,(H2,23,28)(H2,24,29)(H,25,30)(H,26,31)(H,27,32)(H,33,34). The lowest BCUT2D eigenvalue weighted by Crippen LogP contribution is -2.57.